The lowest BCUT2D eigenvalue weighted by Gasteiger charge is -2.31. The maximum absolute atomic E-state index is 14.1. The minimum atomic E-state index is -0.569. The third-order valence-corrected chi connectivity index (χ3v) is 7.43. The van der Waals surface area contributed by atoms with Gasteiger partial charge in [0, 0.05) is 28.9 Å². The summed E-state index contributed by atoms with van der Waals surface area (Å²) in [6.45, 7) is 2.24. The molecule has 2 aromatic rings. The third-order valence-electron chi connectivity index (χ3n) is 6.14. The van der Waals surface area contributed by atoms with Crippen LogP contribution in [0.25, 0.3) is 0 Å². The zero-order valence-corrected chi connectivity index (χ0v) is 20.6. The van der Waals surface area contributed by atoms with Crippen LogP contribution in [-0.2, 0) is 21.8 Å². The normalized spacial score (nSPS) is 15.1. The van der Waals surface area contributed by atoms with Gasteiger partial charge >= 0.3 is 0 Å². The number of carbonyl (C=O) groups is 2. The molecule has 3 rings (SSSR count). The van der Waals surface area contributed by atoms with Crippen molar-refractivity contribution in [1.82, 2.24) is 10.2 Å². The fourth-order valence-corrected chi connectivity index (χ4v) is 5.38. The second kappa shape index (κ2) is 13.0. The summed E-state index contributed by atoms with van der Waals surface area (Å²) in [4.78, 5) is 27.8. The first-order valence-corrected chi connectivity index (χ1v) is 13.1. The molecule has 0 heterocycles. The minimum Gasteiger partial charge on any atom is -0.352 e. The highest BCUT2D eigenvalue weighted by atomic mass is 35.5. The molecule has 1 aliphatic carbocycles. The monoisotopic (exact) mass is 490 g/mol. The van der Waals surface area contributed by atoms with Crippen molar-refractivity contribution in [1.29, 1.82) is 0 Å². The summed E-state index contributed by atoms with van der Waals surface area (Å²) in [5, 5.41) is 3.50. The van der Waals surface area contributed by atoms with E-state index in [1.807, 2.05) is 30.3 Å². The molecular weight excluding hydrogens is 459 g/mol. The Morgan fingerprint density at radius 1 is 1.12 bits per heavy atom. The molecule has 0 aromatic heterocycles. The summed E-state index contributed by atoms with van der Waals surface area (Å²) < 4.78 is 14.1. The number of nitrogens with zero attached hydrogens (tertiary/aromatic N) is 1. The quantitative estimate of drug-likeness (QED) is 0.470. The molecule has 0 radical (unpaired) electrons. The molecule has 178 valence electrons. The molecule has 0 bridgehead atoms. The maximum Gasteiger partial charge on any atom is 0.242 e. The van der Waals surface area contributed by atoms with E-state index in [1.54, 1.807) is 24.0 Å². The van der Waals surface area contributed by atoms with Gasteiger partial charge in [0.15, 0.2) is 0 Å². The molecule has 0 aliphatic heterocycles. The van der Waals surface area contributed by atoms with Crippen LogP contribution in [0, 0.1) is 5.82 Å². The van der Waals surface area contributed by atoms with Crippen molar-refractivity contribution in [3.8, 4) is 0 Å². The topological polar surface area (TPSA) is 49.4 Å². The second-order valence-corrected chi connectivity index (χ2v) is 9.93. The van der Waals surface area contributed by atoms with Crippen molar-refractivity contribution >= 4 is 35.2 Å². The fourth-order valence-electron chi connectivity index (χ4n) is 4.13. The Morgan fingerprint density at radius 2 is 1.85 bits per heavy atom. The van der Waals surface area contributed by atoms with Crippen LogP contribution in [0.1, 0.15) is 50.2 Å². The Hall–Kier alpha value is -2.05. The van der Waals surface area contributed by atoms with Gasteiger partial charge in [-0.1, -0.05) is 67.3 Å². The first-order valence-electron chi connectivity index (χ1n) is 11.6. The second-order valence-electron chi connectivity index (χ2n) is 8.54. The average Bonchev–Trinajstić information content (AvgIpc) is 2.82. The Balaban J connectivity index is 1.62. The average molecular weight is 491 g/mol. The zero-order valence-electron chi connectivity index (χ0n) is 19.1. The van der Waals surface area contributed by atoms with E-state index < -0.39 is 6.04 Å². The number of benzene rings is 2. The molecule has 1 fully saturated rings. The Kier molecular flexibility index (Phi) is 10.1. The molecule has 1 aliphatic rings. The molecule has 33 heavy (non-hydrogen) atoms. The molecule has 0 saturated heterocycles. The number of halogens is 2. The molecule has 2 aromatic carbocycles. The van der Waals surface area contributed by atoms with Gasteiger partial charge < -0.3 is 10.2 Å². The van der Waals surface area contributed by atoms with Crippen LogP contribution in [-0.4, -0.2) is 41.1 Å². The van der Waals surface area contributed by atoms with Crippen molar-refractivity contribution in [3.05, 3.63) is 70.5 Å². The summed E-state index contributed by atoms with van der Waals surface area (Å²) in [5.74, 6) is -0.156. The predicted molar refractivity (Wildman–Crippen MR) is 134 cm³/mol. The summed E-state index contributed by atoms with van der Waals surface area (Å²) >= 11 is 7.42. The van der Waals surface area contributed by atoms with Crippen LogP contribution in [0.3, 0.4) is 0 Å². The van der Waals surface area contributed by atoms with Crippen molar-refractivity contribution in [2.45, 2.75) is 63.3 Å². The number of thioether (sulfide) groups is 1. The van der Waals surface area contributed by atoms with Crippen molar-refractivity contribution in [2.75, 3.05) is 12.3 Å². The smallest absolute Gasteiger partial charge is 0.242 e. The number of rotatable bonds is 10. The van der Waals surface area contributed by atoms with E-state index >= 15 is 0 Å². The molecule has 1 atom stereocenters. The van der Waals surface area contributed by atoms with Crippen LogP contribution in [0.2, 0.25) is 5.02 Å². The number of hydrogen-bond acceptors (Lipinski definition) is 3. The fraction of sp³-hybridized carbons (Fsp3) is 0.462. The van der Waals surface area contributed by atoms with Gasteiger partial charge in [-0.25, -0.2) is 4.39 Å². The summed E-state index contributed by atoms with van der Waals surface area (Å²) in [7, 11) is 0. The lowest BCUT2D eigenvalue weighted by molar-refractivity contribution is -0.138. The summed E-state index contributed by atoms with van der Waals surface area (Å²) in [5.41, 5.74) is 1.51. The van der Waals surface area contributed by atoms with Gasteiger partial charge in [0.05, 0.1) is 5.75 Å². The number of nitrogens with one attached hydrogen (secondary N) is 1. The first-order chi connectivity index (χ1) is 16.0. The van der Waals surface area contributed by atoms with Gasteiger partial charge in [0.1, 0.15) is 11.9 Å². The van der Waals surface area contributed by atoms with Crippen LogP contribution < -0.4 is 5.32 Å². The van der Waals surface area contributed by atoms with Crippen LogP contribution >= 0.6 is 23.4 Å². The van der Waals surface area contributed by atoms with Gasteiger partial charge in [-0.3, -0.25) is 9.59 Å². The lowest BCUT2D eigenvalue weighted by atomic mass is 9.95. The predicted octanol–water partition coefficient (Wildman–Crippen LogP) is 5.62. The SMILES string of the molecule is C[C@@H](C(=O)NC1CCCCC1)N(CCc1ccccc1)C(=O)CSCc1c(F)cccc1Cl. The molecule has 7 heteroatoms. The van der Waals surface area contributed by atoms with Gasteiger partial charge in [-0.05, 0) is 43.9 Å². The Morgan fingerprint density at radius 3 is 2.55 bits per heavy atom. The van der Waals surface area contributed by atoms with Gasteiger partial charge in [0.25, 0.3) is 0 Å². The molecule has 2 amide bonds. The number of amides is 2. The Bertz CT molecular complexity index is 902. The van der Waals surface area contributed by atoms with E-state index in [2.05, 4.69) is 5.32 Å². The van der Waals surface area contributed by atoms with E-state index in [0.29, 0.717) is 29.3 Å². The highest BCUT2D eigenvalue weighted by Crippen LogP contribution is 2.24. The van der Waals surface area contributed by atoms with E-state index in [4.69, 9.17) is 11.6 Å². The number of carbonyl (C=O) groups excluding carboxylic acids is 2. The largest absolute Gasteiger partial charge is 0.352 e. The van der Waals surface area contributed by atoms with Gasteiger partial charge in [0.2, 0.25) is 11.8 Å². The summed E-state index contributed by atoms with van der Waals surface area (Å²) in [6, 6.07) is 14.1. The molecule has 1 N–H and O–H groups in total. The standard InChI is InChI=1S/C26H32ClFN2O2S/c1-19(26(32)29-21-11-6-3-7-12-21)30(16-15-20-9-4-2-5-10-20)25(31)18-33-17-22-23(27)13-8-14-24(22)28/h2,4-5,8-10,13-14,19,21H,3,6-7,11-12,15-18H2,1H3,(H,29,32)/t19-/m0/s1. The molecule has 0 spiro atoms. The molecule has 1 saturated carbocycles. The van der Waals surface area contributed by atoms with Crippen molar-refractivity contribution in [2.24, 2.45) is 0 Å². The highest BCUT2D eigenvalue weighted by Gasteiger charge is 2.27. The lowest BCUT2D eigenvalue weighted by Crippen LogP contribution is -2.51. The molecular formula is C26H32ClFN2O2S. The highest BCUT2D eigenvalue weighted by molar-refractivity contribution is 7.99. The van der Waals surface area contributed by atoms with E-state index in [9.17, 15) is 14.0 Å². The molecule has 4 nitrogen and oxygen atoms in total. The third kappa shape index (κ3) is 7.75. The van der Waals surface area contributed by atoms with E-state index in [1.165, 1.54) is 24.2 Å². The van der Waals surface area contributed by atoms with Gasteiger partial charge in [-0.15, -0.1) is 11.8 Å². The van der Waals surface area contributed by atoms with Crippen molar-refractivity contribution in [3.63, 3.8) is 0 Å². The molecule has 0 unspecified atom stereocenters. The number of hydrogen-bond donors (Lipinski definition) is 1. The zero-order chi connectivity index (χ0) is 23.6. The minimum absolute atomic E-state index is 0.106. The summed E-state index contributed by atoms with van der Waals surface area (Å²) in [6.07, 6.45) is 6.13. The van der Waals surface area contributed by atoms with Crippen LogP contribution in [0.4, 0.5) is 4.39 Å². The van der Waals surface area contributed by atoms with E-state index in [0.717, 1.165) is 31.2 Å². The van der Waals surface area contributed by atoms with Crippen LogP contribution in [0.5, 0.6) is 0 Å². The van der Waals surface area contributed by atoms with Crippen molar-refractivity contribution < 1.29 is 14.0 Å². The van der Waals surface area contributed by atoms with Crippen LogP contribution in [0.15, 0.2) is 48.5 Å². The first kappa shape index (κ1) is 25.6. The van der Waals surface area contributed by atoms with E-state index in [-0.39, 0.29) is 29.4 Å². The van der Waals surface area contributed by atoms with Gasteiger partial charge in [-0.2, -0.15) is 0 Å². The Labute approximate surface area is 205 Å². The maximum atomic E-state index is 14.1.